The summed E-state index contributed by atoms with van der Waals surface area (Å²) in [6.07, 6.45) is 9.94. The molecular weight excluding hydrogens is 214 g/mol. The molecule has 2 atom stereocenters. The van der Waals surface area contributed by atoms with Gasteiger partial charge < -0.3 is 9.64 Å². The molecule has 2 rings (SSSR count). The van der Waals surface area contributed by atoms with Gasteiger partial charge in [-0.05, 0) is 51.1 Å². The van der Waals surface area contributed by atoms with Crippen LogP contribution in [0.2, 0.25) is 0 Å². The number of likely N-dealkylation sites (tertiary alicyclic amines) is 1. The Kier molecular flexibility index (Phi) is 4.84. The van der Waals surface area contributed by atoms with Crippen molar-refractivity contribution in [2.45, 2.75) is 57.4 Å². The average Bonchev–Trinajstić information content (AvgIpc) is 2.39. The van der Waals surface area contributed by atoms with Gasteiger partial charge in [-0.25, -0.2) is 0 Å². The molecule has 0 bridgehead atoms. The summed E-state index contributed by atoms with van der Waals surface area (Å²) in [5.74, 6) is 0.873. The Labute approximate surface area is 105 Å². The van der Waals surface area contributed by atoms with Crippen molar-refractivity contribution < 1.29 is 9.53 Å². The van der Waals surface area contributed by atoms with Crippen LogP contribution in [0.25, 0.3) is 0 Å². The Hall–Kier alpha value is -0.570. The van der Waals surface area contributed by atoms with Crippen molar-refractivity contribution in [3.05, 3.63) is 0 Å². The van der Waals surface area contributed by atoms with Gasteiger partial charge in [-0.1, -0.05) is 12.8 Å². The second kappa shape index (κ2) is 6.39. The molecule has 3 heteroatoms. The summed E-state index contributed by atoms with van der Waals surface area (Å²) < 4.78 is 4.69. The lowest BCUT2D eigenvalue weighted by molar-refractivity contribution is -0.140. The standard InChI is InChI=1S/C14H25NO2/c1-17-14(16)9-5-11-15-10-4-7-12-6-2-3-8-13(12)15/h12-13H,2-11H2,1H3/t12-,13-/m1/s1. The van der Waals surface area contributed by atoms with Crippen molar-refractivity contribution >= 4 is 5.97 Å². The molecule has 0 amide bonds. The van der Waals surface area contributed by atoms with Gasteiger partial charge in [0, 0.05) is 12.5 Å². The number of hydrogen-bond donors (Lipinski definition) is 0. The van der Waals surface area contributed by atoms with Crippen LogP contribution in [-0.4, -0.2) is 37.1 Å². The van der Waals surface area contributed by atoms with Crippen LogP contribution in [0, 0.1) is 5.92 Å². The maximum absolute atomic E-state index is 11.1. The van der Waals surface area contributed by atoms with E-state index in [1.807, 2.05) is 0 Å². The van der Waals surface area contributed by atoms with E-state index in [1.165, 1.54) is 52.2 Å². The third-order valence-electron chi connectivity index (χ3n) is 4.41. The Bertz CT molecular complexity index is 253. The van der Waals surface area contributed by atoms with E-state index < -0.39 is 0 Å². The van der Waals surface area contributed by atoms with E-state index >= 15 is 0 Å². The Morgan fingerprint density at radius 1 is 1.24 bits per heavy atom. The highest BCUT2D eigenvalue weighted by Gasteiger charge is 2.32. The van der Waals surface area contributed by atoms with Gasteiger partial charge >= 0.3 is 5.97 Å². The third kappa shape index (κ3) is 3.44. The molecule has 3 nitrogen and oxygen atoms in total. The smallest absolute Gasteiger partial charge is 0.305 e. The second-order valence-corrected chi connectivity index (χ2v) is 5.47. The first-order valence-corrected chi connectivity index (χ1v) is 7.12. The van der Waals surface area contributed by atoms with Gasteiger partial charge in [0.1, 0.15) is 0 Å². The van der Waals surface area contributed by atoms with Crippen LogP contribution in [0.1, 0.15) is 51.4 Å². The van der Waals surface area contributed by atoms with Crippen molar-refractivity contribution in [3.63, 3.8) is 0 Å². The summed E-state index contributed by atoms with van der Waals surface area (Å²) in [6, 6.07) is 0.815. The molecule has 1 saturated carbocycles. The minimum Gasteiger partial charge on any atom is -0.469 e. The molecule has 0 radical (unpaired) electrons. The van der Waals surface area contributed by atoms with E-state index in [-0.39, 0.29) is 5.97 Å². The van der Waals surface area contributed by atoms with Gasteiger partial charge in [-0.3, -0.25) is 4.79 Å². The number of ether oxygens (including phenoxy) is 1. The number of hydrogen-bond acceptors (Lipinski definition) is 3. The maximum atomic E-state index is 11.1. The summed E-state index contributed by atoms with van der Waals surface area (Å²) in [5.41, 5.74) is 0. The van der Waals surface area contributed by atoms with E-state index in [0.717, 1.165) is 24.9 Å². The Morgan fingerprint density at radius 3 is 2.82 bits per heavy atom. The summed E-state index contributed by atoms with van der Waals surface area (Å²) in [4.78, 5) is 13.7. The zero-order chi connectivity index (χ0) is 12.1. The SMILES string of the molecule is COC(=O)CCCN1CCC[C@H]2CCCC[C@H]21. The van der Waals surface area contributed by atoms with Crippen molar-refractivity contribution in [3.8, 4) is 0 Å². The van der Waals surface area contributed by atoms with Crippen LogP contribution < -0.4 is 0 Å². The van der Waals surface area contributed by atoms with Crippen LogP contribution in [0.4, 0.5) is 0 Å². The van der Waals surface area contributed by atoms with Crippen LogP contribution in [0.15, 0.2) is 0 Å². The fourth-order valence-electron chi connectivity index (χ4n) is 3.53. The molecule has 2 fully saturated rings. The largest absolute Gasteiger partial charge is 0.469 e. The molecule has 0 aromatic heterocycles. The van der Waals surface area contributed by atoms with Gasteiger partial charge in [0.05, 0.1) is 7.11 Å². The van der Waals surface area contributed by atoms with Crippen LogP contribution >= 0.6 is 0 Å². The first-order valence-electron chi connectivity index (χ1n) is 7.12. The number of piperidine rings is 1. The van der Waals surface area contributed by atoms with Crippen LogP contribution in [0.3, 0.4) is 0 Å². The van der Waals surface area contributed by atoms with Gasteiger partial charge in [0.15, 0.2) is 0 Å². The molecule has 2 aliphatic rings. The minimum absolute atomic E-state index is 0.0674. The lowest BCUT2D eigenvalue weighted by Crippen LogP contribution is -2.47. The molecule has 0 unspecified atom stereocenters. The van der Waals surface area contributed by atoms with E-state index in [4.69, 9.17) is 0 Å². The molecule has 1 aliphatic carbocycles. The second-order valence-electron chi connectivity index (χ2n) is 5.47. The normalized spacial score (nSPS) is 29.7. The predicted molar refractivity (Wildman–Crippen MR) is 67.8 cm³/mol. The monoisotopic (exact) mass is 239 g/mol. The average molecular weight is 239 g/mol. The summed E-state index contributed by atoms with van der Waals surface area (Å²) in [6.45, 7) is 2.32. The number of esters is 1. The van der Waals surface area contributed by atoms with E-state index in [0.29, 0.717) is 6.42 Å². The predicted octanol–water partition coefficient (Wildman–Crippen LogP) is 2.59. The summed E-state index contributed by atoms with van der Waals surface area (Å²) in [7, 11) is 1.47. The van der Waals surface area contributed by atoms with Gasteiger partial charge in [0.2, 0.25) is 0 Å². The lowest BCUT2D eigenvalue weighted by atomic mass is 9.78. The highest BCUT2D eigenvalue weighted by Crippen LogP contribution is 2.35. The number of nitrogens with zero attached hydrogens (tertiary/aromatic N) is 1. The molecule has 17 heavy (non-hydrogen) atoms. The van der Waals surface area contributed by atoms with E-state index in [1.54, 1.807) is 0 Å². The molecule has 1 aliphatic heterocycles. The van der Waals surface area contributed by atoms with Crippen molar-refractivity contribution in [2.75, 3.05) is 20.2 Å². The quantitative estimate of drug-likeness (QED) is 0.706. The third-order valence-corrected chi connectivity index (χ3v) is 4.41. The molecule has 0 spiro atoms. The van der Waals surface area contributed by atoms with Crippen LogP contribution in [0.5, 0.6) is 0 Å². The van der Waals surface area contributed by atoms with Crippen LogP contribution in [-0.2, 0) is 9.53 Å². The number of rotatable bonds is 4. The zero-order valence-electron chi connectivity index (χ0n) is 11.0. The minimum atomic E-state index is -0.0674. The fourth-order valence-corrected chi connectivity index (χ4v) is 3.53. The molecular formula is C14H25NO2. The first kappa shape index (κ1) is 12.9. The fraction of sp³-hybridized carbons (Fsp3) is 0.929. The topological polar surface area (TPSA) is 29.5 Å². The van der Waals surface area contributed by atoms with Gasteiger partial charge in [-0.2, -0.15) is 0 Å². The zero-order valence-corrected chi connectivity index (χ0v) is 11.0. The highest BCUT2D eigenvalue weighted by atomic mass is 16.5. The summed E-state index contributed by atoms with van der Waals surface area (Å²) >= 11 is 0. The first-order chi connectivity index (χ1) is 8.31. The number of carbonyl (C=O) groups excluding carboxylic acids is 1. The van der Waals surface area contributed by atoms with Gasteiger partial charge in [0.25, 0.3) is 0 Å². The van der Waals surface area contributed by atoms with Crippen molar-refractivity contribution in [2.24, 2.45) is 5.92 Å². The maximum Gasteiger partial charge on any atom is 0.305 e. The van der Waals surface area contributed by atoms with Gasteiger partial charge in [-0.15, -0.1) is 0 Å². The molecule has 1 heterocycles. The Morgan fingerprint density at radius 2 is 2.00 bits per heavy atom. The van der Waals surface area contributed by atoms with Crippen molar-refractivity contribution in [1.82, 2.24) is 4.90 Å². The number of carbonyl (C=O) groups is 1. The lowest BCUT2D eigenvalue weighted by Gasteiger charge is -2.44. The molecule has 1 saturated heterocycles. The van der Waals surface area contributed by atoms with E-state index in [9.17, 15) is 4.79 Å². The van der Waals surface area contributed by atoms with Crippen molar-refractivity contribution in [1.29, 1.82) is 0 Å². The highest BCUT2D eigenvalue weighted by molar-refractivity contribution is 5.69. The number of fused-ring (bicyclic) bond motifs is 1. The molecule has 0 N–H and O–H groups in total. The molecule has 98 valence electrons. The summed E-state index contributed by atoms with van der Waals surface area (Å²) in [5, 5.41) is 0. The number of methoxy groups -OCH3 is 1. The molecule has 0 aromatic carbocycles. The Balaban J connectivity index is 1.76. The molecule has 0 aromatic rings. The van der Waals surface area contributed by atoms with E-state index in [2.05, 4.69) is 9.64 Å².